The zero-order valence-corrected chi connectivity index (χ0v) is 8.90. The molecule has 0 unspecified atom stereocenters. The van der Waals surface area contributed by atoms with E-state index in [1.807, 2.05) is 0 Å². The molecule has 11 heteroatoms. The topological polar surface area (TPSA) is 155 Å². The van der Waals surface area contributed by atoms with E-state index in [-0.39, 0.29) is 45.1 Å². The zero-order valence-electron chi connectivity index (χ0n) is 8.90. The summed E-state index contributed by atoms with van der Waals surface area (Å²) < 4.78 is 9.77. The minimum atomic E-state index is -0.908. The van der Waals surface area contributed by atoms with Gasteiger partial charge in [0, 0.05) is 0 Å². The first-order valence-electron chi connectivity index (χ1n) is 4.33. The van der Waals surface area contributed by atoms with Gasteiger partial charge in [0.15, 0.2) is 0 Å². The lowest BCUT2D eigenvalue weighted by molar-refractivity contribution is -0.758. The fourth-order valence-electron chi connectivity index (χ4n) is 0.663. The number of rotatable bonds is 11. The Morgan fingerprint density at radius 1 is 0.706 bits per heavy atom. The number of hydrogen-bond donors (Lipinski definition) is 0. The summed E-state index contributed by atoms with van der Waals surface area (Å²) in [5, 5.41) is 17.6. The monoisotopic (exact) mass is 258 g/mol. The van der Waals surface area contributed by atoms with E-state index in [1.54, 1.807) is 0 Å². The molecule has 0 fully saturated rings. The molecule has 0 aromatic heterocycles. The molecule has 0 spiro atoms. The van der Waals surface area contributed by atoms with E-state index < -0.39 is 10.2 Å². The molecule has 0 bridgehead atoms. The fourth-order valence-corrected chi connectivity index (χ4v) is 0.663. The zero-order chi connectivity index (χ0) is 12.2. The summed E-state index contributed by atoms with van der Waals surface area (Å²) in [5.74, 6) is 0. The molecular weight excluding hydrogens is 244 g/mol. The van der Waals surface area contributed by atoms with Crippen LogP contribution in [0.1, 0.15) is 0 Å². The Balaban J connectivity index is 0. The van der Waals surface area contributed by atoms with Gasteiger partial charge in [0.25, 0.3) is 10.2 Å². The maximum absolute atomic E-state index is 9.70. The van der Waals surface area contributed by atoms with Crippen molar-refractivity contribution < 1.29 is 34.8 Å². The predicted molar refractivity (Wildman–Crippen MR) is 51.1 cm³/mol. The van der Waals surface area contributed by atoms with E-state index in [0.29, 0.717) is 0 Å². The Hall–Kier alpha value is -1.72. The van der Waals surface area contributed by atoms with Crippen molar-refractivity contribution in [3.05, 3.63) is 20.2 Å². The minimum Gasteiger partial charge on any atom is -0.412 e. The molecule has 0 aromatic rings. The van der Waals surface area contributed by atoms with Crippen LogP contribution in [0.5, 0.6) is 0 Å². The van der Waals surface area contributed by atoms with Crippen molar-refractivity contribution in [1.29, 1.82) is 0 Å². The number of nitrogens with zero attached hydrogens (tertiary/aromatic N) is 2. The van der Waals surface area contributed by atoms with E-state index >= 15 is 0 Å². The van der Waals surface area contributed by atoms with E-state index in [2.05, 4.69) is 9.68 Å². The van der Waals surface area contributed by atoms with Crippen molar-refractivity contribution in [3.8, 4) is 0 Å². The molecule has 0 rings (SSSR count). The second kappa shape index (κ2) is 12.4. The van der Waals surface area contributed by atoms with Crippen LogP contribution >= 0.6 is 0 Å². The molecule has 0 heterocycles. The third-order valence-corrected chi connectivity index (χ3v) is 1.22. The molecule has 0 aromatic carbocycles. The van der Waals surface area contributed by atoms with Crippen molar-refractivity contribution >= 4 is 0 Å². The molecule has 0 aliphatic heterocycles. The average molecular weight is 258 g/mol. The van der Waals surface area contributed by atoms with Crippen LogP contribution < -0.4 is 0 Å². The molecule has 102 valence electrons. The van der Waals surface area contributed by atoms with Gasteiger partial charge in [-0.15, -0.1) is 20.2 Å². The first-order chi connectivity index (χ1) is 7.63. The highest BCUT2D eigenvalue weighted by atomic mass is 17.0. The summed E-state index contributed by atoms with van der Waals surface area (Å²) in [6, 6.07) is 0. The third kappa shape index (κ3) is 16.9. The Kier molecular flexibility index (Phi) is 12.8. The Labute approximate surface area is 95.7 Å². The highest BCUT2D eigenvalue weighted by molar-refractivity contribution is 4.31. The highest BCUT2D eigenvalue weighted by Crippen LogP contribution is 1.82. The summed E-state index contributed by atoms with van der Waals surface area (Å²) in [5.41, 5.74) is 0. The van der Waals surface area contributed by atoms with Crippen LogP contribution in [-0.4, -0.2) is 55.3 Å². The first-order valence-corrected chi connectivity index (χ1v) is 4.33. The maximum Gasteiger partial charge on any atom is 0.294 e. The van der Waals surface area contributed by atoms with E-state index in [9.17, 15) is 20.2 Å². The van der Waals surface area contributed by atoms with Crippen LogP contribution in [0.2, 0.25) is 0 Å². The Bertz CT molecular complexity index is 190. The van der Waals surface area contributed by atoms with Crippen LogP contribution in [0.4, 0.5) is 0 Å². The summed E-state index contributed by atoms with van der Waals surface area (Å²) in [7, 11) is 0. The lowest BCUT2D eigenvalue weighted by Crippen LogP contribution is -2.14. The van der Waals surface area contributed by atoms with E-state index in [1.165, 1.54) is 0 Å². The lowest BCUT2D eigenvalue weighted by Gasteiger charge is -2.04. The van der Waals surface area contributed by atoms with Crippen LogP contribution in [0.3, 0.4) is 0 Å². The van der Waals surface area contributed by atoms with Gasteiger partial charge in [0.2, 0.25) is 0 Å². The average Bonchev–Trinajstić information content (AvgIpc) is 2.20. The van der Waals surface area contributed by atoms with Crippen molar-refractivity contribution in [2.45, 2.75) is 0 Å². The van der Waals surface area contributed by atoms with E-state index in [0.717, 1.165) is 0 Å². The number of ether oxygens (including phenoxy) is 2. The van der Waals surface area contributed by atoms with Crippen molar-refractivity contribution in [3.63, 3.8) is 0 Å². The molecule has 0 aliphatic rings. The van der Waals surface area contributed by atoms with Crippen molar-refractivity contribution in [2.24, 2.45) is 0 Å². The molecule has 17 heavy (non-hydrogen) atoms. The molecule has 0 aliphatic carbocycles. The van der Waals surface area contributed by atoms with Crippen molar-refractivity contribution in [1.82, 2.24) is 0 Å². The normalized spacial score (nSPS) is 9.18. The quantitative estimate of drug-likeness (QED) is 0.249. The van der Waals surface area contributed by atoms with Gasteiger partial charge in [-0.25, -0.2) is 0 Å². The van der Waals surface area contributed by atoms with Crippen molar-refractivity contribution in [2.75, 3.05) is 39.6 Å². The molecule has 0 radical (unpaired) electrons. The maximum atomic E-state index is 9.70. The summed E-state index contributed by atoms with van der Waals surface area (Å²) in [6.07, 6.45) is 0. The largest absolute Gasteiger partial charge is 0.412 e. The Morgan fingerprint density at radius 3 is 1.29 bits per heavy atom. The third-order valence-electron chi connectivity index (χ3n) is 1.22. The summed E-state index contributed by atoms with van der Waals surface area (Å²) in [4.78, 5) is 27.3. The second-order valence-corrected chi connectivity index (χ2v) is 2.34. The van der Waals surface area contributed by atoms with Crippen LogP contribution in [0, 0.1) is 20.2 Å². The van der Waals surface area contributed by atoms with Gasteiger partial charge in [-0.05, 0) is 0 Å². The van der Waals surface area contributed by atoms with Gasteiger partial charge >= 0.3 is 0 Å². The van der Waals surface area contributed by atoms with Gasteiger partial charge in [-0.1, -0.05) is 0 Å². The van der Waals surface area contributed by atoms with Crippen LogP contribution in [0.15, 0.2) is 0 Å². The first kappa shape index (κ1) is 17.7. The molecule has 0 amide bonds. The van der Waals surface area contributed by atoms with Gasteiger partial charge in [-0.2, -0.15) is 0 Å². The molecule has 0 atom stereocenters. The van der Waals surface area contributed by atoms with Crippen LogP contribution in [-0.2, 0) is 19.1 Å². The summed E-state index contributed by atoms with van der Waals surface area (Å²) >= 11 is 0. The van der Waals surface area contributed by atoms with Crippen LogP contribution in [0.25, 0.3) is 0 Å². The standard InChI is InChI=1S/C6H12N2O8.H2O/c9-7(10)15-5-3-13-1-2-14-4-6-16-8(11)12;/h1-6H2;1H2. The highest BCUT2D eigenvalue weighted by Gasteiger charge is 1.96. The SMILES string of the molecule is O.O=[N+]([O-])OCCOCCOCCO[N+](=O)[O-]. The lowest BCUT2D eigenvalue weighted by atomic mass is 10.7. The molecular formula is C6H14N2O9. The minimum absolute atomic E-state index is 0. The molecule has 0 saturated carbocycles. The van der Waals surface area contributed by atoms with Gasteiger partial charge < -0.3 is 24.6 Å². The van der Waals surface area contributed by atoms with Gasteiger partial charge in [0.1, 0.15) is 13.2 Å². The fraction of sp³-hybridized carbons (Fsp3) is 1.00. The predicted octanol–water partition coefficient (Wildman–Crippen LogP) is -1.39. The molecule has 2 N–H and O–H groups in total. The van der Waals surface area contributed by atoms with E-state index in [4.69, 9.17) is 9.47 Å². The molecule has 0 saturated heterocycles. The summed E-state index contributed by atoms with van der Waals surface area (Å²) in [6.45, 7) is 0.319. The van der Waals surface area contributed by atoms with Gasteiger partial charge in [-0.3, -0.25) is 0 Å². The van der Waals surface area contributed by atoms with Gasteiger partial charge in [0.05, 0.1) is 26.4 Å². The molecule has 11 nitrogen and oxygen atoms in total. The smallest absolute Gasteiger partial charge is 0.294 e. The number of hydrogen-bond acceptors (Lipinski definition) is 8. The Morgan fingerprint density at radius 2 is 1.00 bits per heavy atom. The second-order valence-electron chi connectivity index (χ2n) is 2.34.